The van der Waals surface area contributed by atoms with Gasteiger partial charge in [-0.15, -0.1) is 0 Å². The molecule has 1 spiro atoms. The number of carboxylic acids is 1. The molecule has 4 aliphatic rings. The predicted octanol–water partition coefficient (Wildman–Crippen LogP) is 6.58. The number of aliphatic hydroxyl groups is 1. The van der Waals surface area contributed by atoms with Gasteiger partial charge in [0.15, 0.2) is 0 Å². The first-order valence-corrected chi connectivity index (χ1v) is 13.6. The number of aliphatic hydroxyl groups excluding tert-OH is 1. The maximum Gasteiger partial charge on any atom is 0.303 e. The van der Waals surface area contributed by atoms with E-state index in [1.807, 2.05) is 6.92 Å². The van der Waals surface area contributed by atoms with Gasteiger partial charge in [0.2, 0.25) is 0 Å². The van der Waals surface area contributed by atoms with Crippen LogP contribution in [0.2, 0.25) is 0 Å². The van der Waals surface area contributed by atoms with Crippen molar-refractivity contribution in [1.82, 2.24) is 0 Å². The molecule has 0 aliphatic heterocycles. The molecule has 4 saturated carbocycles. The smallest absolute Gasteiger partial charge is 0.303 e. The highest BCUT2D eigenvalue weighted by atomic mass is 16.4. The lowest BCUT2D eigenvalue weighted by molar-refractivity contribution is -0.139. The summed E-state index contributed by atoms with van der Waals surface area (Å²) in [6.45, 7) is 13.7. The summed E-state index contributed by atoms with van der Waals surface area (Å²) in [6, 6.07) is 0. The van der Waals surface area contributed by atoms with Crippen LogP contribution in [0.4, 0.5) is 0 Å². The molecule has 0 amide bonds. The summed E-state index contributed by atoms with van der Waals surface area (Å²) in [5.74, 6) is 1.55. The fourth-order valence-electron chi connectivity index (χ4n) is 10.1. The quantitative estimate of drug-likeness (QED) is 0.215. The molecule has 0 unspecified atom stereocenters. The fourth-order valence-corrected chi connectivity index (χ4v) is 10.1. The normalized spacial score (nSPS) is 43.9. The average molecular weight is 471 g/mol. The van der Waals surface area contributed by atoms with E-state index >= 15 is 0 Å². The van der Waals surface area contributed by atoms with E-state index in [4.69, 9.17) is 0 Å². The van der Waals surface area contributed by atoms with Crippen molar-refractivity contribution in [3.8, 4) is 0 Å². The summed E-state index contributed by atoms with van der Waals surface area (Å²) in [4.78, 5) is 22.5. The average Bonchev–Trinajstić information content (AvgIpc) is 3.40. The van der Waals surface area contributed by atoms with Crippen LogP contribution in [0.25, 0.3) is 0 Å². The van der Waals surface area contributed by atoms with Crippen LogP contribution in [0, 0.1) is 45.3 Å². The molecule has 4 rings (SSSR count). The first-order valence-electron chi connectivity index (χ1n) is 13.6. The largest absolute Gasteiger partial charge is 0.481 e. The van der Waals surface area contributed by atoms with E-state index in [-0.39, 0.29) is 35.2 Å². The number of hydrogen-bond donors (Lipinski definition) is 2. The van der Waals surface area contributed by atoms with Crippen LogP contribution in [-0.2, 0) is 9.59 Å². The second-order valence-corrected chi connectivity index (χ2v) is 13.0. The van der Waals surface area contributed by atoms with Gasteiger partial charge in [0.05, 0.1) is 6.61 Å². The number of carbonyl (C=O) groups is 2. The zero-order chi connectivity index (χ0) is 24.9. The van der Waals surface area contributed by atoms with Crippen molar-refractivity contribution in [3.63, 3.8) is 0 Å². The van der Waals surface area contributed by atoms with Crippen molar-refractivity contribution in [3.05, 3.63) is 23.8 Å². The molecular formula is C30H46O4. The molecule has 34 heavy (non-hydrogen) atoms. The Kier molecular flexibility index (Phi) is 6.72. The summed E-state index contributed by atoms with van der Waals surface area (Å²) >= 11 is 0. The van der Waals surface area contributed by atoms with E-state index in [0.29, 0.717) is 23.2 Å². The third-order valence-electron chi connectivity index (χ3n) is 12.0. The Labute approximate surface area is 206 Å². The molecule has 0 aromatic heterocycles. The molecule has 4 heteroatoms. The van der Waals surface area contributed by atoms with Gasteiger partial charge in [0, 0.05) is 6.42 Å². The second-order valence-electron chi connectivity index (χ2n) is 13.0. The molecule has 8 atom stereocenters. The van der Waals surface area contributed by atoms with Crippen molar-refractivity contribution < 1.29 is 19.8 Å². The van der Waals surface area contributed by atoms with Gasteiger partial charge in [-0.2, -0.15) is 0 Å². The van der Waals surface area contributed by atoms with Crippen LogP contribution in [-0.4, -0.2) is 29.1 Å². The van der Waals surface area contributed by atoms with Crippen LogP contribution >= 0.6 is 0 Å². The third-order valence-corrected chi connectivity index (χ3v) is 12.0. The molecule has 0 aromatic rings. The molecule has 0 bridgehead atoms. The van der Waals surface area contributed by atoms with E-state index in [1.165, 1.54) is 32.1 Å². The van der Waals surface area contributed by atoms with E-state index in [9.17, 15) is 19.8 Å². The SMILES string of the molecule is C=C(CO)[C@@H]1CC[C@@H]2[C@]3(CC[C@]4(C)[C@@H]([C@H](C)CC/C=C(\C)C=O)CC[C@@]24C)C[C@]13CCC(=O)O. The van der Waals surface area contributed by atoms with Crippen molar-refractivity contribution in [2.24, 2.45) is 45.3 Å². The zero-order valence-corrected chi connectivity index (χ0v) is 21.9. The molecule has 4 fully saturated rings. The van der Waals surface area contributed by atoms with E-state index in [1.54, 1.807) is 0 Å². The summed E-state index contributed by atoms with van der Waals surface area (Å²) < 4.78 is 0. The molecule has 190 valence electrons. The molecule has 4 nitrogen and oxygen atoms in total. The number of carbonyl (C=O) groups excluding carboxylic acids is 1. The Morgan fingerprint density at radius 3 is 2.53 bits per heavy atom. The van der Waals surface area contributed by atoms with Crippen molar-refractivity contribution >= 4 is 12.3 Å². The number of allylic oxidation sites excluding steroid dienone is 2. The van der Waals surface area contributed by atoms with Gasteiger partial charge in [-0.05, 0) is 128 Å². The Morgan fingerprint density at radius 2 is 1.88 bits per heavy atom. The van der Waals surface area contributed by atoms with Crippen molar-refractivity contribution in [2.75, 3.05) is 6.61 Å². The van der Waals surface area contributed by atoms with E-state index in [2.05, 4.69) is 33.4 Å². The molecule has 0 aromatic carbocycles. The van der Waals surface area contributed by atoms with E-state index < -0.39 is 5.97 Å². The predicted molar refractivity (Wildman–Crippen MR) is 135 cm³/mol. The van der Waals surface area contributed by atoms with Gasteiger partial charge in [0.1, 0.15) is 6.29 Å². The second kappa shape index (κ2) is 8.91. The topological polar surface area (TPSA) is 74.6 Å². The minimum Gasteiger partial charge on any atom is -0.481 e. The van der Waals surface area contributed by atoms with Crippen molar-refractivity contribution in [1.29, 1.82) is 0 Å². The minimum absolute atomic E-state index is 0.0207. The summed E-state index contributed by atoms with van der Waals surface area (Å²) in [6.07, 6.45) is 14.5. The Hall–Kier alpha value is -1.42. The first kappa shape index (κ1) is 25.7. The first-order chi connectivity index (χ1) is 16.0. The highest BCUT2D eigenvalue weighted by Crippen LogP contribution is 2.87. The Balaban J connectivity index is 1.59. The number of fused-ring (bicyclic) bond motifs is 2. The van der Waals surface area contributed by atoms with Gasteiger partial charge in [-0.1, -0.05) is 33.4 Å². The maximum absolute atomic E-state index is 11.6. The van der Waals surface area contributed by atoms with Crippen LogP contribution in [0.15, 0.2) is 23.8 Å². The van der Waals surface area contributed by atoms with Crippen molar-refractivity contribution in [2.45, 2.75) is 98.3 Å². The summed E-state index contributed by atoms with van der Waals surface area (Å²) in [7, 11) is 0. The Bertz CT molecular complexity index is 875. The van der Waals surface area contributed by atoms with Crippen LogP contribution < -0.4 is 0 Å². The number of aliphatic carboxylic acids is 1. The zero-order valence-electron chi connectivity index (χ0n) is 21.9. The molecule has 0 heterocycles. The van der Waals surface area contributed by atoms with Gasteiger partial charge >= 0.3 is 5.97 Å². The minimum atomic E-state index is -0.701. The van der Waals surface area contributed by atoms with Gasteiger partial charge < -0.3 is 10.2 Å². The van der Waals surface area contributed by atoms with Gasteiger partial charge in [-0.25, -0.2) is 0 Å². The lowest BCUT2D eigenvalue weighted by Crippen LogP contribution is -2.54. The van der Waals surface area contributed by atoms with Crippen LogP contribution in [0.3, 0.4) is 0 Å². The highest BCUT2D eigenvalue weighted by Gasteiger charge is 2.80. The number of carboxylic acid groups (broad SMARTS) is 1. The molecule has 0 radical (unpaired) electrons. The summed E-state index contributed by atoms with van der Waals surface area (Å²) in [5.41, 5.74) is 2.62. The van der Waals surface area contributed by atoms with Crippen LogP contribution in [0.5, 0.6) is 0 Å². The third kappa shape index (κ3) is 3.57. The monoisotopic (exact) mass is 470 g/mol. The highest BCUT2D eigenvalue weighted by molar-refractivity contribution is 5.71. The standard InChI is InChI=1S/C30H46O4/c1-20(17-31)7-6-8-21(2)23-11-13-28(5)25-10-9-24(22(3)18-32)29(14-12-26(33)34)19-30(25,29)16-15-27(23,28)4/h7,17,21,23-25,32H,3,6,8-16,18-19H2,1-2,4-5H3,(H,33,34)/b20-7+/t21-,23-,24+,25+,27-,28+,29-,30+/m1/s1. The number of hydrogen-bond acceptors (Lipinski definition) is 3. The molecule has 0 saturated heterocycles. The summed E-state index contributed by atoms with van der Waals surface area (Å²) in [5, 5.41) is 19.4. The van der Waals surface area contributed by atoms with Gasteiger partial charge in [-0.3, -0.25) is 9.59 Å². The lowest BCUT2D eigenvalue weighted by atomic mass is 9.43. The Morgan fingerprint density at radius 1 is 1.15 bits per heavy atom. The number of aldehydes is 1. The van der Waals surface area contributed by atoms with E-state index in [0.717, 1.165) is 49.5 Å². The number of rotatable bonds is 10. The van der Waals surface area contributed by atoms with Crippen LogP contribution in [0.1, 0.15) is 98.3 Å². The lowest BCUT2D eigenvalue weighted by Gasteiger charge is -2.61. The fraction of sp³-hybridized carbons (Fsp3) is 0.800. The maximum atomic E-state index is 11.6. The van der Waals surface area contributed by atoms with Gasteiger partial charge in [0.25, 0.3) is 0 Å². The molecular weight excluding hydrogens is 424 g/mol. The molecule has 4 aliphatic carbocycles. The molecule has 2 N–H and O–H groups in total.